The molecule has 0 unspecified atom stereocenters. The Hall–Kier alpha value is -0.860. The molecule has 0 aliphatic heterocycles. The van der Waals surface area contributed by atoms with E-state index in [2.05, 4.69) is 79.6 Å². The lowest BCUT2D eigenvalue weighted by molar-refractivity contribution is 1.14. The first-order valence-electron chi connectivity index (χ1n) is 6.16. The molecule has 0 amide bonds. The van der Waals surface area contributed by atoms with Crippen LogP contribution in [0.1, 0.15) is 12.5 Å². The summed E-state index contributed by atoms with van der Waals surface area (Å²) in [4.78, 5) is 1.33. The van der Waals surface area contributed by atoms with Gasteiger partial charge in [0.2, 0.25) is 0 Å². The zero-order valence-electron chi connectivity index (χ0n) is 11.2. The molecule has 0 bridgehead atoms. The predicted molar refractivity (Wildman–Crippen MR) is 87.9 cm³/mol. The normalized spacial score (nSPS) is 12.4. The first-order valence-corrected chi connectivity index (χ1v) is 9.66. The van der Waals surface area contributed by atoms with Crippen LogP contribution in [0, 0.1) is 0 Å². The van der Waals surface area contributed by atoms with Crippen LogP contribution in [0.2, 0.25) is 0 Å². The lowest BCUT2D eigenvalue weighted by Gasteiger charge is -2.24. The molecular formula is C16H20S2. The lowest BCUT2D eigenvalue weighted by atomic mass is 10.0. The molecule has 96 valence electrons. The van der Waals surface area contributed by atoms with Crippen LogP contribution in [0.5, 0.6) is 0 Å². The number of thiol groups is 1. The van der Waals surface area contributed by atoms with E-state index in [9.17, 15) is 0 Å². The van der Waals surface area contributed by atoms with Crippen molar-refractivity contribution >= 4 is 20.7 Å². The Morgan fingerprint density at radius 3 is 1.67 bits per heavy atom. The van der Waals surface area contributed by atoms with E-state index in [1.54, 1.807) is 0 Å². The zero-order chi connectivity index (χ0) is 13.2. The van der Waals surface area contributed by atoms with Crippen molar-refractivity contribution in [3.05, 3.63) is 54.1 Å². The summed E-state index contributed by atoms with van der Waals surface area (Å²) in [6.45, 7) is 2.18. The highest BCUT2D eigenvalue weighted by Gasteiger charge is 2.08. The summed E-state index contributed by atoms with van der Waals surface area (Å²) in [5, 5.41) is 0. The van der Waals surface area contributed by atoms with Gasteiger partial charge in [-0.2, -0.15) is 9.06 Å². The highest BCUT2D eigenvalue weighted by molar-refractivity contribution is 8.87. The van der Waals surface area contributed by atoms with E-state index in [-0.39, 0.29) is 0 Å². The van der Waals surface area contributed by atoms with Crippen LogP contribution in [0.15, 0.2) is 53.4 Å². The van der Waals surface area contributed by atoms with Gasteiger partial charge >= 0.3 is 0 Å². The molecule has 18 heavy (non-hydrogen) atoms. The predicted octanol–water partition coefficient (Wildman–Crippen LogP) is 5.18. The van der Waals surface area contributed by atoms with E-state index in [1.165, 1.54) is 21.6 Å². The SMILES string of the molecule is CCc1ccc(-c2ccc(S(C)(C)S)cc2)cc1. The minimum absolute atomic E-state index is 0.918. The van der Waals surface area contributed by atoms with Crippen molar-refractivity contribution in [3.63, 3.8) is 0 Å². The van der Waals surface area contributed by atoms with Crippen LogP contribution in [-0.4, -0.2) is 12.5 Å². The number of hydrogen-bond acceptors (Lipinski definition) is 1. The van der Waals surface area contributed by atoms with Gasteiger partial charge in [0.05, 0.1) is 0 Å². The van der Waals surface area contributed by atoms with Gasteiger partial charge in [0.1, 0.15) is 0 Å². The minimum atomic E-state index is -0.918. The number of benzene rings is 2. The van der Waals surface area contributed by atoms with Crippen LogP contribution in [-0.2, 0) is 6.42 Å². The maximum atomic E-state index is 4.68. The second-order valence-electron chi connectivity index (χ2n) is 4.85. The summed E-state index contributed by atoms with van der Waals surface area (Å²) < 4.78 is 0. The Morgan fingerprint density at radius 2 is 1.28 bits per heavy atom. The van der Waals surface area contributed by atoms with Crippen LogP contribution in [0.4, 0.5) is 0 Å². The van der Waals surface area contributed by atoms with Crippen LogP contribution >= 0.6 is 20.7 Å². The van der Waals surface area contributed by atoms with Gasteiger partial charge in [0.15, 0.2) is 0 Å². The lowest BCUT2D eigenvalue weighted by Crippen LogP contribution is -1.87. The molecule has 0 aliphatic carbocycles. The third-order valence-electron chi connectivity index (χ3n) is 3.13. The smallest absolute Gasteiger partial charge is 0.00181 e. The molecule has 0 spiro atoms. The molecule has 0 N–H and O–H groups in total. The van der Waals surface area contributed by atoms with E-state index < -0.39 is 9.06 Å². The molecule has 0 atom stereocenters. The molecule has 2 aromatic rings. The number of rotatable bonds is 3. The van der Waals surface area contributed by atoms with Gasteiger partial charge < -0.3 is 0 Å². The molecule has 0 fully saturated rings. The standard InChI is InChI=1S/C16H20S2/c1-4-13-5-7-14(8-6-13)15-9-11-16(12-10-15)18(2,3)17/h5-12,17H,4H2,1-3H3. The molecule has 0 radical (unpaired) electrons. The van der Waals surface area contributed by atoms with E-state index in [1.807, 2.05) is 0 Å². The van der Waals surface area contributed by atoms with Crippen molar-refractivity contribution in [2.45, 2.75) is 18.2 Å². The monoisotopic (exact) mass is 276 g/mol. The van der Waals surface area contributed by atoms with E-state index >= 15 is 0 Å². The minimum Gasteiger partial charge on any atom is -0.174 e. The van der Waals surface area contributed by atoms with Crippen molar-refractivity contribution < 1.29 is 0 Å². The van der Waals surface area contributed by atoms with Crippen LogP contribution in [0.3, 0.4) is 0 Å². The third-order valence-corrected chi connectivity index (χ3v) is 5.18. The summed E-state index contributed by atoms with van der Waals surface area (Å²) in [6.07, 6.45) is 5.48. The Kier molecular flexibility index (Phi) is 4.08. The van der Waals surface area contributed by atoms with Gasteiger partial charge in [0, 0.05) is 0 Å². The first-order chi connectivity index (χ1) is 8.50. The quantitative estimate of drug-likeness (QED) is 0.579. The molecule has 2 aromatic carbocycles. The molecular weight excluding hydrogens is 256 g/mol. The maximum absolute atomic E-state index is 4.68. The summed E-state index contributed by atoms with van der Waals surface area (Å²) >= 11 is 4.68. The van der Waals surface area contributed by atoms with Crippen molar-refractivity contribution in [1.82, 2.24) is 0 Å². The molecule has 0 nitrogen and oxygen atoms in total. The fourth-order valence-electron chi connectivity index (χ4n) is 1.91. The summed E-state index contributed by atoms with van der Waals surface area (Å²) in [6, 6.07) is 17.6. The van der Waals surface area contributed by atoms with Crippen molar-refractivity contribution in [2.24, 2.45) is 0 Å². The van der Waals surface area contributed by atoms with E-state index in [0.717, 1.165) is 6.42 Å². The molecule has 0 aliphatic rings. The van der Waals surface area contributed by atoms with Crippen molar-refractivity contribution in [3.8, 4) is 11.1 Å². The molecule has 2 rings (SSSR count). The molecule has 2 heteroatoms. The van der Waals surface area contributed by atoms with Gasteiger partial charge in [-0.25, -0.2) is 0 Å². The highest BCUT2D eigenvalue weighted by Crippen LogP contribution is 2.53. The number of hydrogen-bond donors (Lipinski definition) is 1. The maximum Gasteiger partial charge on any atom is -0.00181 e. The summed E-state index contributed by atoms with van der Waals surface area (Å²) in [7, 11) is -0.918. The van der Waals surface area contributed by atoms with E-state index in [4.69, 9.17) is 0 Å². The molecule has 0 saturated heterocycles. The second-order valence-corrected chi connectivity index (χ2v) is 10.6. The summed E-state index contributed by atoms with van der Waals surface area (Å²) in [5.74, 6) is 0. The molecule has 0 heterocycles. The first kappa shape index (κ1) is 13.6. The Balaban J connectivity index is 2.28. The largest absolute Gasteiger partial charge is 0.174 e. The van der Waals surface area contributed by atoms with E-state index in [0.29, 0.717) is 0 Å². The van der Waals surface area contributed by atoms with Gasteiger partial charge in [0.25, 0.3) is 0 Å². The van der Waals surface area contributed by atoms with Crippen LogP contribution in [0.25, 0.3) is 11.1 Å². The highest BCUT2D eigenvalue weighted by atomic mass is 33.1. The van der Waals surface area contributed by atoms with Gasteiger partial charge in [-0.3, -0.25) is 0 Å². The van der Waals surface area contributed by atoms with Gasteiger partial charge in [-0.05, 0) is 52.7 Å². The van der Waals surface area contributed by atoms with Crippen LogP contribution < -0.4 is 0 Å². The average molecular weight is 276 g/mol. The average Bonchev–Trinajstić information content (AvgIpc) is 2.38. The fourth-order valence-corrected chi connectivity index (χ4v) is 3.08. The molecule has 0 saturated carbocycles. The van der Waals surface area contributed by atoms with Crippen molar-refractivity contribution in [1.29, 1.82) is 0 Å². The Labute approximate surface area is 117 Å². The third kappa shape index (κ3) is 3.12. The van der Waals surface area contributed by atoms with Gasteiger partial charge in [-0.1, -0.05) is 43.3 Å². The Bertz CT molecular complexity index is 504. The topological polar surface area (TPSA) is 0 Å². The van der Waals surface area contributed by atoms with Gasteiger partial charge in [-0.15, -0.1) is 11.7 Å². The number of aryl methyl sites for hydroxylation is 1. The fraction of sp³-hybridized carbons (Fsp3) is 0.250. The summed E-state index contributed by atoms with van der Waals surface area (Å²) in [5.41, 5.74) is 3.94. The Morgan fingerprint density at radius 1 is 0.833 bits per heavy atom. The van der Waals surface area contributed by atoms with Crippen molar-refractivity contribution in [2.75, 3.05) is 12.5 Å². The zero-order valence-corrected chi connectivity index (χ0v) is 12.9. The second kappa shape index (κ2) is 5.41. The molecule has 0 aromatic heterocycles.